The molecule has 10 heteroatoms. The van der Waals surface area contributed by atoms with Crippen molar-refractivity contribution in [3.63, 3.8) is 0 Å². The molecule has 38 heavy (non-hydrogen) atoms. The standard InChI is InChI=1S/C28H35FN6O3/c1-5-19-14-35(25-12-27(36)32(4)26-15-33(10-9-30)31-28(25)26)20(6-2)13-34(19)18(3)23-8-7-21(11-24(23)29)38-22-16-37-17-22/h7-8,11-12,15,18-20,22H,5-6,10,13-14,16-17H2,1-4H3/t18?,19-,20+/m1/s1. The number of halogens is 1. The van der Waals surface area contributed by atoms with Crippen LogP contribution in [0.4, 0.5) is 10.1 Å². The number of aromatic nitrogens is 3. The predicted molar refractivity (Wildman–Crippen MR) is 143 cm³/mol. The molecule has 0 radical (unpaired) electrons. The summed E-state index contributed by atoms with van der Waals surface area (Å²) >= 11 is 0. The number of fused-ring (bicyclic) bond motifs is 1. The number of piperazine rings is 1. The second-order valence-electron chi connectivity index (χ2n) is 10.3. The highest BCUT2D eigenvalue weighted by Crippen LogP contribution is 2.35. The second-order valence-corrected chi connectivity index (χ2v) is 10.3. The normalized spacial score (nSPS) is 21.3. The predicted octanol–water partition coefficient (Wildman–Crippen LogP) is 3.62. The third-order valence-electron chi connectivity index (χ3n) is 7.99. The lowest BCUT2D eigenvalue weighted by atomic mass is 9.96. The van der Waals surface area contributed by atoms with Gasteiger partial charge in [-0.1, -0.05) is 19.9 Å². The minimum absolute atomic E-state index is 0.00638. The largest absolute Gasteiger partial charge is 0.485 e. The number of hydrogen-bond acceptors (Lipinski definition) is 7. The van der Waals surface area contributed by atoms with E-state index in [1.165, 1.54) is 6.07 Å². The van der Waals surface area contributed by atoms with Gasteiger partial charge in [0.25, 0.3) is 5.56 Å². The lowest BCUT2D eigenvalue weighted by Crippen LogP contribution is -2.59. The number of anilines is 1. The first-order chi connectivity index (χ1) is 18.3. The van der Waals surface area contributed by atoms with Gasteiger partial charge in [-0.05, 0) is 25.8 Å². The molecule has 3 atom stereocenters. The van der Waals surface area contributed by atoms with Crippen LogP contribution >= 0.6 is 0 Å². The van der Waals surface area contributed by atoms with Gasteiger partial charge in [0.2, 0.25) is 0 Å². The highest BCUT2D eigenvalue weighted by molar-refractivity contribution is 5.88. The first kappa shape index (κ1) is 26.2. The molecule has 0 spiro atoms. The molecule has 0 N–H and O–H groups in total. The van der Waals surface area contributed by atoms with Crippen LogP contribution in [0.5, 0.6) is 5.75 Å². The van der Waals surface area contributed by atoms with Crippen molar-refractivity contribution in [2.24, 2.45) is 7.05 Å². The van der Waals surface area contributed by atoms with E-state index in [2.05, 4.69) is 41.7 Å². The van der Waals surface area contributed by atoms with E-state index in [9.17, 15) is 4.79 Å². The van der Waals surface area contributed by atoms with Crippen LogP contribution in [0.1, 0.15) is 45.2 Å². The SMILES string of the molecule is CC[C@H]1CN(C(C)c2ccc(OC3COC3)cc2F)[C@H](CC)CN1c1cc(=O)n(C)c2cn(CC#N)nc12. The molecular weight excluding hydrogens is 487 g/mol. The Bertz CT molecular complexity index is 1410. The molecule has 9 nitrogen and oxygen atoms in total. The van der Waals surface area contributed by atoms with E-state index in [4.69, 9.17) is 14.7 Å². The Kier molecular flexibility index (Phi) is 7.41. The van der Waals surface area contributed by atoms with Gasteiger partial charge in [-0.15, -0.1) is 0 Å². The van der Waals surface area contributed by atoms with Crippen molar-refractivity contribution in [3.8, 4) is 11.8 Å². The molecule has 2 aromatic heterocycles. The summed E-state index contributed by atoms with van der Waals surface area (Å²) in [5.74, 6) is 0.262. The van der Waals surface area contributed by atoms with E-state index in [1.807, 2.05) is 12.1 Å². The zero-order valence-electron chi connectivity index (χ0n) is 22.4. The number of aryl methyl sites for hydroxylation is 1. The molecular formula is C28H35FN6O3. The third-order valence-corrected chi connectivity index (χ3v) is 7.99. The number of pyridine rings is 1. The van der Waals surface area contributed by atoms with Crippen molar-refractivity contribution < 1.29 is 13.9 Å². The first-order valence-electron chi connectivity index (χ1n) is 13.3. The fourth-order valence-electron chi connectivity index (χ4n) is 5.64. The molecule has 1 aromatic carbocycles. The maximum absolute atomic E-state index is 15.3. The average Bonchev–Trinajstić information content (AvgIpc) is 3.31. The minimum Gasteiger partial charge on any atom is -0.485 e. The van der Waals surface area contributed by atoms with Gasteiger partial charge in [0.15, 0.2) is 0 Å². The summed E-state index contributed by atoms with van der Waals surface area (Å²) < 4.78 is 29.4. The highest BCUT2D eigenvalue weighted by atomic mass is 19.1. The molecule has 0 aliphatic carbocycles. The zero-order chi connectivity index (χ0) is 27.0. The fraction of sp³-hybridized carbons (Fsp3) is 0.536. The van der Waals surface area contributed by atoms with Gasteiger partial charge in [-0.3, -0.25) is 14.4 Å². The third kappa shape index (κ3) is 4.76. The van der Waals surface area contributed by atoms with Crippen LogP contribution in [0.25, 0.3) is 11.0 Å². The van der Waals surface area contributed by atoms with Crippen LogP contribution in [0, 0.1) is 17.1 Å². The van der Waals surface area contributed by atoms with Crippen LogP contribution in [-0.4, -0.2) is 63.7 Å². The van der Waals surface area contributed by atoms with Crippen LogP contribution in [0.3, 0.4) is 0 Å². The van der Waals surface area contributed by atoms with Crippen molar-refractivity contribution in [2.45, 2.75) is 64.4 Å². The first-order valence-corrected chi connectivity index (χ1v) is 13.3. The van der Waals surface area contributed by atoms with E-state index >= 15 is 4.39 Å². The number of nitriles is 1. The zero-order valence-corrected chi connectivity index (χ0v) is 22.4. The van der Waals surface area contributed by atoms with Crippen molar-refractivity contribution in [1.29, 1.82) is 5.26 Å². The molecule has 0 amide bonds. The number of hydrogen-bond donors (Lipinski definition) is 0. The molecule has 202 valence electrons. The van der Waals surface area contributed by atoms with E-state index < -0.39 is 0 Å². The molecule has 0 bridgehead atoms. The quantitative estimate of drug-likeness (QED) is 0.447. The van der Waals surface area contributed by atoms with Gasteiger partial charge in [0.05, 0.1) is 36.7 Å². The van der Waals surface area contributed by atoms with Gasteiger partial charge < -0.3 is 18.9 Å². The Balaban J connectivity index is 1.44. The Labute approximate surface area is 222 Å². The smallest absolute Gasteiger partial charge is 0.252 e. The van der Waals surface area contributed by atoms with Gasteiger partial charge in [-0.2, -0.15) is 10.4 Å². The van der Waals surface area contributed by atoms with Crippen molar-refractivity contribution in [1.82, 2.24) is 19.2 Å². The molecule has 3 aromatic rings. The Morgan fingerprint density at radius 2 is 1.97 bits per heavy atom. The topological polar surface area (TPSA) is 88.5 Å². The minimum atomic E-state index is -0.267. The number of nitrogens with zero attached hydrogens (tertiary/aromatic N) is 6. The van der Waals surface area contributed by atoms with E-state index in [-0.39, 0.29) is 42.2 Å². The molecule has 2 aliphatic rings. The van der Waals surface area contributed by atoms with Crippen molar-refractivity contribution in [2.75, 3.05) is 31.2 Å². The van der Waals surface area contributed by atoms with Gasteiger partial charge in [0, 0.05) is 56.0 Å². The van der Waals surface area contributed by atoms with Gasteiger partial charge in [-0.25, -0.2) is 4.39 Å². The summed E-state index contributed by atoms with van der Waals surface area (Å²) in [6, 6.07) is 9.07. The number of benzene rings is 1. The number of rotatable bonds is 8. The highest BCUT2D eigenvalue weighted by Gasteiger charge is 2.37. The van der Waals surface area contributed by atoms with E-state index in [1.54, 1.807) is 28.6 Å². The molecule has 0 saturated carbocycles. The lowest BCUT2D eigenvalue weighted by molar-refractivity contribution is -0.0797. The lowest BCUT2D eigenvalue weighted by Gasteiger charge is -2.49. The Morgan fingerprint density at radius 3 is 2.61 bits per heavy atom. The van der Waals surface area contributed by atoms with E-state index in [0.717, 1.165) is 30.6 Å². The summed E-state index contributed by atoms with van der Waals surface area (Å²) in [6.45, 7) is 8.95. The second kappa shape index (κ2) is 10.8. The van der Waals surface area contributed by atoms with Crippen molar-refractivity contribution >= 4 is 16.7 Å². The maximum Gasteiger partial charge on any atom is 0.252 e. The maximum atomic E-state index is 15.3. The van der Waals surface area contributed by atoms with E-state index in [0.29, 0.717) is 36.6 Å². The monoisotopic (exact) mass is 522 g/mol. The van der Waals surface area contributed by atoms with Crippen LogP contribution in [0.15, 0.2) is 35.3 Å². The van der Waals surface area contributed by atoms with Gasteiger partial charge in [0.1, 0.15) is 29.7 Å². The number of ether oxygens (including phenoxy) is 2. The molecule has 2 fully saturated rings. The molecule has 2 aliphatic heterocycles. The molecule has 4 heterocycles. The van der Waals surface area contributed by atoms with Crippen LogP contribution in [-0.2, 0) is 18.3 Å². The summed E-state index contributed by atoms with van der Waals surface area (Å²) in [7, 11) is 1.73. The van der Waals surface area contributed by atoms with Crippen molar-refractivity contribution in [3.05, 3.63) is 52.2 Å². The van der Waals surface area contributed by atoms with Crippen LogP contribution < -0.4 is 15.2 Å². The Hall–Kier alpha value is -3.42. The molecule has 5 rings (SSSR count). The molecule has 2 saturated heterocycles. The Morgan fingerprint density at radius 1 is 1.21 bits per heavy atom. The van der Waals surface area contributed by atoms with Gasteiger partial charge >= 0.3 is 0 Å². The summed E-state index contributed by atoms with van der Waals surface area (Å²) in [5.41, 5.74) is 2.76. The average molecular weight is 523 g/mol. The summed E-state index contributed by atoms with van der Waals surface area (Å²) in [4.78, 5) is 17.6. The summed E-state index contributed by atoms with van der Waals surface area (Å²) in [6.07, 6.45) is 3.48. The molecule has 1 unspecified atom stereocenters. The fourth-order valence-corrected chi connectivity index (χ4v) is 5.64. The summed E-state index contributed by atoms with van der Waals surface area (Å²) in [5, 5.41) is 13.8. The van der Waals surface area contributed by atoms with Crippen LogP contribution in [0.2, 0.25) is 0 Å².